The molecule has 4 nitrogen and oxygen atoms in total. The minimum absolute atomic E-state index is 0.125. The van der Waals surface area contributed by atoms with Crippen LogP contribution < -0.4 is 4.90 Å². The number of para-hydroxylation sites is 1. The zero-order valence-corrected chi connectivity index (χ0v) is 16.7. The molecule has 25 heavy (non-hydrogen) atoms. The molecule has 2 aromatic rings. The van der Waals surface area contributed by atoms with Crippen LogP contribution in [0.5, 0.6) is 0 Å². The van der Waals surface area contributed by atoms with Crippen molar-refractivity contribution in [2.45, 2.75) is 13.3 Å². The van der Waals surface area contributed by atoms with E-state index in [9.17, 15) is 9.59 Å². The van der Waals surface area contributed by atoms with Gasteiger partial charge in [-0.25, -0.2) is 0 Å². The van der Waals surface area contributed by atoms with Crippen LogP contribution in [-0.4, -0.2) is 28.4 Å². The molecule has 1 aliphatic rings. The smallest absolute Gasteiger partial charge is 0.270 e. The van der Waals surface area contributed by atoms with Crippen molar-refractivity contribution in [2.75, 3.05) is 11.4 Å². The van der Waals surface area contributed by atoms with Crippen molar-refractivity contribution in [1.29, 1.82) is 0 Å². The number of benzene rings is 1. The molecule has 1 aliphatic heterocycles. The van der Waals surface area contributed by atoms with Gasteiger partial charge in [-0.3, -0.25) is 19.4 Å². The van der Waals surface area contributed by atoms with Crippen LogP contribution in [0.15, 0.2) is 51.8 Å². The summed E-state index contributed by atoms with van der Waals surface area (Å²) in [4.78, 5) is 29.6. The summed E-state index contributed by atoms with van der Waals surface area (Å²) < 4.78 is 0.918. The lowest BCUT2D eigenvalue weighted by molar-refractivity contribution is -0.127. The second-order valence-corrected chi connectivity index (χ2v) is 7.66. The van der Waals surface area contributed by atoms with Crippen LogP contribution in [0.25, 0.3) is 6.08 Å². The first-order valence-electron chi connectivity index (χ1n) is 7.74. The van der Waals surface area contributed by atoms with Crippen LogP contribution in [0, 0.1) is 0 Å². The second-order valence-electron chi connectivity index (χ2n) is 5.44. The van der Waals surface area contributed by atoms with Crippen LogP contribution in [0.4, 0.5) is 5.69 Å². The van der Waals surface area contributed by atoms with Crippen LogP contribution in [-0.2, 0) is 9.59 Å². The lowest BCUT2D eigenvalue weighted by Gasteiger charge is -2.36. The Kier molecular flexibility index (Phi) is 5.46. The van der Waals surface area contributed by atoms with Crippen molar-refractivity contribution in [3.8, 4) is 0 Å². The summed E-state index contributed by atoms with van der Waals surface area (Å²) in [5, 5.41) is 2.14. The Morgan fingerprint density at radius 2 is 1.92 bits per heavy atom. The Bertz CT molecular complexity index is 861. The van der Waals surface area contributed by atoms with E-state index < -0.39 is 5.91 Å². The van der Waals surface area contributed by atoms with Gasteiger partial charge < -0.3 is 0 Å². The lowest BCUT2D eigenvalue weighted by atomic mass is 10.1. The summed E-state index contributed by atoms with van der Waals surface area (Å²) in [7, 11) is 0. The average molecular weight is 435 g/mol. The Labute approximate surface area is 163 Å². The number of hydrogen-bond donors (Lipinski definition) is 0. The van der Waals surface area contributed by atoms with Gasteiger partial charge in [0, 0.05) is 21.3 Å². The van der Waals surface area contributed by atoms with E-state index in [0.717, 1.165) is 15.8 Å². The molecule has 1 saturated heterocycles. The van der Waals surface area contributed by atoms with E-state index in [2.05, 4.69) is 15.9 Å². The van der Waals surface area contributed by atoms with Gasteiger partial charge in [-0.1, -0.05) is 25.1 Å². The third-order valence-corrected chi connectivity index (χ3v) is 5.71. The minimum atomic E-state index is -0.391. The molecule has 2 heterocycles. The third kappa shape index (κ3) is 3.58. The van der Waals surface area contributed by atoms with Crippen molar-refractivity contribution in [2.24, 2.45) is 0 Å². The van der Waals surface area contributed by atoms with E-state index >= 15 is 0 Å². The number of amides is 2. The Morgan fingerprint density at radius 3 is 2.52 bits per heavy atom. The highest BCUT2D eigenvalue weighted by atomic mass is 79.9. The molecule has 0 saturated carbocycles. The van der Waals surface area contributed by atoms with Crippen LogP contribution in [0.1, 0.15) is 18.2 Å². The summed E-state index contributed by atoms with van der Waals surface area (Å²) >= 11 is 10.3. The monoisotopic (exact) mass is 434 g/mol. The SMILES string of the molecule is CCCN1C(=O)C(=Cc2cc(Br)cs2)C(=O)N(c2ccccc2)C1=S. The van der Waals surface area contributed by atoms with Crippen molar-refractivity contribution >= 4 is 68.2 Å². The van der Waals surface area contributed by atoms with Crippen LogP contribution in [0.2, 0.25) is 0 Å². The number of carbonyl (C=O) groups excluding carboxylic acids is 2. The summed E-state index contributed by atoms with van der Waals surface area (Å²) in [6, 6.07) is 11.0. The van der Waals surface area contributed by atoms with Gasteiger partial charge in [-0.15, -0.1) is 11.3 Å². The van der Waals surface area contributed by atoms with E-state index in [1.165, 1.54) is 21.1 Å². The Morgan fingerprint density at radius 1 is 1.20 bits per heavy atom. The van der Waals surface area contributed by atoms with E-state index in [4.69, 9.17) is 12.2 Å². The minimum Gasteiger partial charge on any atom is -0.284 e. The molecule has 2 amide bonds. The average Bonchev–Trinajstić information content (AvgIpc) is 3.02. The highest BCUT2D eigenvalue weighted by molar-refractivity contribution is 9.10. The molecular formula is C18H15BrN2O2S2. The van der Waals surface area contributed by atoms with Gasteiger partial charge in [-0.05, 0) is 58.8 Å². The first-order chi connectivity index (χ1) is 12.0. The quantitative estimate of drug-likeness (QED) is 0.405. The van der Waals surface area contributed by atoms with Crippen molar-refractivity contribution in [1.82, 2.24) is 4.90 Å². The number of anilines is 1. The van der Waals surface area contributed by atoms with Gasteiger partial charge in [0.1, 0.15) is 5.57 Å². The fraction of sp³-hybridized carbons (Fsp3) is 0.167. The molecule has 0 bridgehead atoms. The summed E-state index contributed by atoms with van der Waals surface area (Å²) in [5.74, 6) is -0.730. The largest absolute Gasteiger partial charge is 0.284 e. The summed E-state index contributed by atoms with van der Waals surface area (Å²) in [6.07, 6.45) is 2.39. The predicted molar refractivity (Wildman–Crippen MR) is 109 cm³/mol. The number of hydrogen-bond acceptors (Lipinski definition) is 4. The second kappa shape index (κ2) is 7.59. The van der Waals surface area contributed by atoms with Gasteiger partial charge in [0.05, 0.1) is 5.69 Å². The molecule has 1 fully saturated rings. The first kappa shape index (κ1) is 18.0. The molecule has 0 radical (unpaired) electrons. The highest BCUT2D eigenvalue weighted by Crippen LogP contribution is 2.28. The molecular weight excluding hydrogens is 420 g/mol. The predicted octanol–water partition coefficient (Wildman–Crippen LogP) is 4.46. The van der Waals surface area contributed by atoms with E-state index in [1.54, 1.807) is 6.08 Å². The maximum absolute atomic E-state index is 13.0. The van der Waals surface area contributed by atoms with Gasteiger partial charge in [0.25, 0.3) is 11.8 Å². The zero-order valence-electron chi connectivity index (χ0n) is 13.4. The fourth-order valence-electron chi connectivity index (χ4n) is 2.55. The maximum Gasteiger partial charge on any atom is 0.270 e. The van der Waals surface area contributed by atoms with E-state index in [-0.39, 0.29) is 16.6 Å². The van der Waals surface area contributed by atoms with Gasteiger partial charge in [0.15, 0.2) is 5.11 Å². The summed E-state index contributed by atoms with van der Waals surface area (Å²) in [6.45, 7) is 2.44. The van der Waals surface area contributed by atoms with Crippen LogP contribution >= 0.6 is 39.5 Å². The number of carbonyl (C=O) groups is 2. The highest BCUT2D eigenvalue weighted by Gasteiger charge is 2.39. The lowest BCUT2D eigenvalue weighted by Crippen LogP contribution is -2.56. The van der Waals surface area contributed by atoms with E-state index in [1.807, 2.05) is 48.7 Å². The molecule has 3 rings (SSSR count). The maximum atomic E-state index is 13.0. The topological polar surface area (TPSA) is 40.6 Å². The third-order valence-electron chi connectivity index (χ3n) is 3.67. The van der Waals surface area contributed by atoms with Crippen molar-refractivity contribution < 1.29 is 9.59 Å². The van der Waals surface area contributed by atoms with Gasteiger partial charge >= 0.3 is 0 Å². The molecule has 0 unspecified atom stereocenters. The number of nitrogens with zero attached hydrogens (tertiary/aromatic N) is 2. The number of rotatable bonds is 4. The van der Waals surface area contributed by atoms with Crippen LogP contribution in [0.3, 0.4) is 0 Å². The van der Waals surface area contributed by atoms with Crippen molar-refractivity contribution in [3.63, 3.8) is 0 Å². The molecule has 0 spiro atoms. The first-order valence-corrected chi connectivity index (χ1v) is 9.82. The van der Waals surface area contributed by atoms with Crippen molar-refractivity contribution in [3.05, 3.63) is 56.7 Å². The Balaban J connectivity index is 2.08. The molecule has 0 N–H and O–H groups in total. The normalized spacial score (nSPS) is 16.9. The van der Waals surface area contributed by atoms with Gasteiger partial charge in [0.2, 0.25) is 0 Å². The van der Waals surface area contributed by atoms with Gasteiger partial charge in [-0.2, -0.15) is 0 Å². The Hall–Kier alpha value is -1.83. The molecule has 7 heteroatoms. The zero-order chi connectivity index (χ0) is 18.0. The molecule has 128 valence electrons. The van der Waals surface area contributed by atoms with E-state index in [0.29, 0.717) is 12.2 Å². The number of halogens is 1. The standard InChI is InChI=1S/C18H15BrN2O2S2/c1-2-8-20-16(22)15(10-14-9-12(19)11-25-14)17(23)21(18(20)24)13-6-4-3-5-7-13/h3-7,9-11H,2,8H2,1H3. The number of thiophene rings is 1. The fourth-order valence-corrected chi connectivity index (χ4v) is 4.29. The molecule has 1 aromatic heterocycles. The summed E-state index contributed by atoms with van der Waals surface area (Å²) in [5.41, 5.74) is 0.782. The number of thiocarbonyl (C=S) groups is 1. The molecule has 1 aromatic carbocycles. The molecule has 0 aliphatic carbocycles. The molecule has 0 atom stereocenters.